The monoisotopic (exact) mass is 205 g/mol. The van der Waals surface area contributed by atoms with Gasteiger partial charge in [-0.15, -0.1) is 0 Å². The third-order valence-corrected chi connectivity index (χ3v) is 2.45. The molecule has 84 valence electrons. The third kappa shape index (κ3) is 2.43. The van der Waals surface area contributed by atoms with E-state index in [1.54, 1.807) is 6.92 Å². The molecule has 0 saturated carbocycles. The van der Waals surface area contributed by atoms with Gasteiger partial charge in [0.05, 0.1) is 6.10 Å². The first-order valence-electron chi connectivity index (χ1n) is 5.01. The van der Waals surface area contributed by atoms with Crippen LogP contribution in [0.4, 0.5) is 0 Å². The fraction of sp³-hybridized carbons (Fsp3) is 1.00. The molecule has 0 aromatic carbocycles. The fourth-order valence-corrected chi connectivity index (χ4v) is 1.51. The molecule has 1 fully saturated rings. The van der Waals surface area contributed by atoms with Gasteiger partial charge in [0.2, 0.25) is 0 Å². The van der Waals surface area contributed by atoms with E-state index < -0.39 is 30.6 Å². The molecule has 1 saturated heterocycles. The highest BCUT2D eigenvalue weighted by Gasteiger charge is 2.41. The number of nitrogens with one attached hydrogen (secondary N) is 1. The Labute approximate surface area is 83.7 Å². The van der Waals surface area contributed by atoms with Gasteiger partial charge in [-0.2, -0.15) is 0 Å². The van der Waals surface area contributed by atoms with E-state index in [0.717, 1.165) is 6.42 Å². The number of hydrogen-bond acceptors (Lipinski definition) is 5. The molecular formula is C9H19NO4. The summed E-state index contributed by atoms with van der Waals surface area (Å²) in [6.45, 7) is 4.37. The molecule has 1 heterocycles. The molecule has 0 bridgehead atoms. The number of hydrogen-bond donors (Lipinski definition) is 4. The summed E-state index contributed by atoms with van der Waals surface area (Å²) in [4.78, 5) is 0. The Morgan fingerprint density at radius 3 is 2.36 bits per heavy atom. The van der Waals surface area contributed by atoms with Gasteiger partial charge in [-0.3, -0.25) is 5.32 Å². The van der Waals surface area contributed by atoms with Gasteiger partial charge >= 0.3 is 0 Å². The highest BCUT2D eigenvalue weighted by Crippen LogP contribution is 2.19. The summed E-state index contributed by atoms with van der Waals surface area (Å²) in [6, 6.07) is 0. The van der Waals surface area contributed by atoms with Gasteiger partial charge in [0.25, 0.3) is 0 Å². The van der Waals surface area contributed by atoms with Crippen molar-refractivity contribution in [3.63, 3.8) is 0 Å². The average molecular weight is 205 g/mol. The fourth-order valence-electron chi connectivity index (χ4n) is 1.51. The molecule has 0 spiro atoms. The first kappa shape index (κ1) is 11.9. The van der Waals surface area contributed by atoms with Crippen LogP contribution in [0.1, 0.15) is 20.3 Å². The van der Waals surface area contributed by atoms with Crippen molar-refractivity contribution < 1.29 is 20.1 Å². The lowest BCUT2D eigenvalue weighted by Crippen LogP contribution is -2.60. The normalized spacial score (nSPS) is 43.9. The highest BCUT2D eigenvalue weighted by molar-refractivity contribution is 4.89. The standard InChI is InChI=1S/C9H19NO4/c1-3-4-10-9-8(13)7(12)6(11)5(2)14-9/h5-13H,3-4H2,1-2H3. The lowest BCUT2D eigenvalue weighted by atomic mass is 9.99. The Balaban J connectivity index is 2.52. The summed E-state index contributed by atoms with van der Waals surface area (Å²) in [5.41, 5.74) is 0. The molecule has 0 aromatic rings. The van der Waals surface area contributed by atoms with Gasteiger partial charge in [0.1, 0.15) is 24.5 Å². The largest absolute Gasteiger partial charge is 0.388 e. The second-order valence-electron chi connectivity index (χ2n) is 3.69. The molecule has 0 aliphatic carbocycles. The van der Waals surface area contributed by atoms with Crippen LogP contribution in [0.5, 0.6) is 0 Å². The van der Waals surface area contributed by atoms with Crippen molar-refractivity contribution in [3.8, 4) is 0 Å². The van der Waals surface area contributed by atoms with E-state index in [1.807, 2.05) is 6.92 Å². The Morgan fingerprint density at radius 1 is 1.14 bits per heavy atom. The minimum absolute atomic E-state index is 0.470. The second-order valence-corrected chi connectivity index (χ2v) is 3.69. The SMILES string of the molecule is CCCNC1OC(C)C(O)C(O)C1O. The van der Waals surface area contributed by atoms with Crippen LogP contribution >= 0.6 is 0 Å². The Bertz CT molecular complexity index is 178. The molecule has 1 aliphatic rings. The van der Waals surface area contributed by atoms with Crippen molar-refractivity contribution in [3.05, 3.63) is 0 Å². The summed E-state index contributed by atoms with van der Waals surface area (Å²) in [7, 11) is 0. The molecule has 1 aliphatic heterocycles. The molecule has 5 heteroatoms. The molecule has 4 N–H and O–H groups in total. The number of aliphatic hydroxyl groups excluding tert-OH is 3. The maximum absolute atomic E-state index is 9.55. The lowest BCUT2D eigenvalue weighted by molar-refractivity contribution is -0.224. The minimum Gasteiger partial charge on any atom is -0.388 e. The average Bonchev–Trinajstić information content (AvgIpc) is 2.18. The summed E-state index contributed by atoms with van der Waals surface area (Å²) in [5.74, 6) is 0. The van der Waals surface area contributed by atoms with E-state index in [9.17, 15) is 15.3 Å². The van der Waals surface area contributed by atoms with Gasteiger partial charge in [0, 0.05) is 0 Å². The molecular weight excluding hydrogens is 186 g/mol. The first-order valence-corrected chi connectivity index (χ1v) is 5.01. The Hall–Kier alpha value is -0.200. The van der Waals surface area contributed by atoms with Crippen molar-refractivity contribution in [2.75, 3.05) is 6.54 Å². The summed E-state index contributed by atoms with van der Waals surface area (Å²) < 4.78 is 5.31. The van der Waals surface area contributed by atoms with E-state index in [4.69, 9.17) is 4.74 Å². The Kier molecular flexibility index (Phi) is 4.28. The number of rotatable bonds is 3. The van der Waals surface area contributed by atoms with Crippen molar-refractivity contribution in [1.29, 1.82) is 0 Å². The Morgan fingerprint density at radius 2 is 1.79 bits per heavy atom. The maximum Gasteiger partial charge on any atom is 0.137 e. The number of ether oxygens (including phenoxy) is 1. The van der Waals surface area contributed by atoms with Gasteiger partial charge < -0.3 is 20.1 Å². The van der Waals surface area contributed by atoms with Crippen molar-refractivity contribution in [1.82, 2.24) is 5.32 Å². The van der Waals surface area contributed by atoms with Crippen LogP contribution in [0.3, 0.4) is 0 Å². The molecule has 0 aromatic heterocycles. The second kappa shape index (κ2) is 5.04. The topological polar surface area (TPSA) is 82.0 Å². The van der Waals surface area contributed by atoms with E-state index in [1.165, 1.54) is 0 Å². The third-order valence-electron chi connectivity index (χ3n) is 2.45. The quantitative estimate of drug-likeness (QED) is 0.466. The molecule has 1 rings (SSSR count). The van der Waals surface area contributed by atoms with Crippen LogP contribution in [0.2, 0.25) is 0 Å². The summed E-state index contributed by atoms with van der Waals surface area (Å²) >= 11 is 0. The molecule has 0 radical (unpaired) electrons. The smallest absolute Gasteiger partial charge is 0.137 e. The molecule has 5 unspecified atom stereocenters. The molecule has 5 atom stereocenters. The zero-order chi connectivity index (χ0) is 10.7. The van der Waals surface area contributed by atoms with E-state index in [2.05, 4.69) is 5.32 Å². The summed E-state index contributed by atoms with van der Waals surface area (Å²) in [5, 5.41) is 31.4. The van der Waals surface area contributed by atoms with Gasteiger partial charge in [-0.25, -0.2) is 0 Å². The van der Waals surface area contributed by atoms with Crippen molar-refractivity contribution in [2.45, 2.75) is 50.9 Å². The van der Waals surface area contributed by atoms with Crippen LogP contribution < -0.4 is 5.32 Å². The van der Waals surface area contributed by atoms with Crippen LogP contribution in [0, 0.1) is 0 Å². The zero-order valence-corrected chi connectivity index (χ0v) is 8.55. The van der Waals surface area contributed by atoms with Crippen LogP contribution in [-0.4, -0.2) is 52.5 Å². The minimum atomic E-state index is -1.15. The molecule has 14 heavy (non-hydrogen) atoms. The number of aliphatic hydroxyl groups is 3. The van der Waals surface area contributed by atoms with Crippen molar-refractivity contribution >= 4 is 0 Å². The molecule has 5 nitrogen and oxygen atoms in total. The van der Waals surface area contributed by atoms with E-state index >= 15 is 0 Å². The molecule has 0 amide bonds. The highest BCUT2D eigenvalue weighted by atomic mass is 16.5. The van der Waals surface area contributed by atoms with E-state index in [0.29, 0.717) is 6.54 Å². The summed E-state index contributed by atoms with van der Waals surface area (Å²) in [6.07, 6.45) is -3.39. The van der Waals surface area contributed by atoms with Crippen LogP contribution in [0.15, 0.2) is 0 Å². The predicted octanol–water partition coefficient (Wildman–Crippen LogP) is -1.19. The van der Waals surface area contributed by atoms with Gasteiger partial charge in [-0.1, -0.05) is 6.92 Å². The van der Waals surface area contributed by atoms with Gasteiger partial charge in [0.15, 0.2) is 0 Å². The lowest BCUT2D eigenvalue weighted by Gasteiger charge is -2.39. The van der Waals surface area contributed by atoms with E-state index in [-0.39, 0.29) is 0 Å². The first-order chi connectivity index (χ1) is 6.57. The predicted molar refractivity (Wildman–Crippen MR) is 50.6 cm³/mol. The zero-order valence-electron chi connectivity index (χ0n) is 8.55. The van der Waals surface area contributed by atoms with Gasteiger partial charge in [-0.05, 0) is 19.9 Å². The van der Waals surface area contributed by atoms with Crippen molar-refractivity contribution in [2.24, 2.45) is 0 Å². The van der Waals surface area contributed by atoms with Crippen LogP contribution in [-0.2, 0) is 4.74 Å². The van der Waals surface area contributed by atoms with Crippen LogP contribution in [0.25, 0.3) is 0 Å². The maximum atomic E-state index is 9.55.